The molecule has 5 nitrogen and oxygen atoms in total. The van der Waals surface area contributed by atoms with E-state index in [4.69, 9.17) is 5.84 Å². The van der Waals surface area contributed by atoms with Crippen molar-refractivity contribution in [3.63, 3.8) is 0 Å². The second kappa shape index (κ2) is 6.50. The molecule has 1 atom stereocenters. The van der Waals surface area contributed by atoms with Crippen molar-refractivity contribution in [2.24, 2.45) is 11.8 Å². The monoisotopic (exact) mass is 254 g/mol. The molecule has 2 aliphatic rings. The van der Waals surface area contributed by atoms with Crippen LogP contribution < -0.4 is 11.3 Å². The van der Waals surface area contributed by atoms with Gasteiger partial charge in [-0.25, -0.2) is 5.84 Å². The molecule has 1 aliphatic carbocycles. The Balaban J connectivity index is 1.63. The second-order valence-corrected chi connectivity index (χ2v) is 5.74. The highest BCUT2D eigenvalue weighted by atomic mass is 16.2. The average molecular weight is 254 g/mol. The third-order valence-corrected chi connectivity index (χ3v) is 4.19. The number of hydrogen-bond donors (Lipinski definition) is 2. The zero-order valence-corrected chi connectivity index (χ0v) is 11.4. The molecule has 104 valence electrons. The van der Waals surface area contributed by atoms with Gasteiger partial charge in [-0.15, -0.1) is 0 Å². The van der Waals surface area contributed by atoms with Crippen LogP contribution >= 0.6 is 0 Å². The van der Waals surface area contributed by atoms with Gasteiger partial charge >= 0.3 is 0 Å². The first-order valence-electron chi connectivity index (χ1n) is 7.15. The van der Waals surface area contributed by atoms with Crippen molar-refractivity contribution < 1.29 is 4.79 Å². The van der Waals surface area contributed by atoms with Crippen molar-refractivity contribution in [2.75, 3.05) is 32.7 Å². The number of hydrazine groups is 1. The summed E-state index contributed by atoms with van der Waals surface area (Å²) in [6, 6.07) is 0.477. The molecule has 1 saturated carbocycles. The minimum Gasteiger partial charge on any atom is -0.301 e. The molecule has 5 heteroatoms. The molecule has 1 aliphatic heterocycles. The molecule has 18 heavy (non-hydrogen) atoms. The van der Waals surface area contributed by atoms with Gasteiger partial charge in [-0.2, -0.15) is 0 Å². The number of nitrogens with one attached hydrogen (secondary N) is 1. The van der Waals surface area contributed by atoms with Crippen molar-refractivity contribution >= 4 is 5.91 Å². The number of carbonyl (C=O) groups excluding carboxylic acids is 1. The van der Waals surface area contributed by atoms with Crippen LogP contribution in [-0.4, -0.2) is 54.5 Å². The van der Waals surface area contributed by atoms with Crippen molar-refractivity contribution in [3.05, 3.63) is 0 Å². The molecule has 0 radical (unpaired) electrons. The molecule has 0 spiro atoms. The van der Waals surface area contributed by atoms with Crippen molar-refractivity contribution in [1.29, 1.82) is 0 Å². The molecule has 3 N–H and O–H groups in total. The summed E-state index contributed by atoms with van der Waals surface area (Å²) in [7, 11) is 0. The number of piperazine rings is 1. The van der Waals surface area contributed by atoms with Gasteiger partial charge in [0.2, 0.25) is 5.91 Å². The van der Waals surface area contributed by atoms with Crippen LogP contribution in [0.2, 0.25) is 0 Å². The number of nitrogens with zero attached hydrogens (tertiary/aromatic N) is 2. The molecule has 0 aromatic rings. The lowest BCUT2D eigenvalue weighted by Gasteiger charge is -2.38. The van der Waals surface area contributed by atoms with E-state index in [1.807, 2.05) is 0 Å². The number of rotatable bonds is 6. The summed E-state index contributed by atoms with van der Waals surface area (Å²) >= 11 is 0. The molecule has 0 aromatic heterocycles. The highest BCUT2D eigenvalue weighted by Crippen LogP contribution is 2.30. The number of amides is 1. The Labute approximate surface area is 110 Å². The minimum atomic E-state index is -0.0609. The third kappa shape index (κ3) is 4.23. The van der Waals surface area contributed by atoms with E-state index in [0.717, 1.165) is 25.4 Å². The molecule has 1 saturated heterocycles. The van der Waals surface area contributed by atoms with E-state index in [1.54, 1.807) is 0 Å². The van der Waals surface area contributed by atoms with E-state index < -0.39 is 0 Å². The summed E-state index contributed by atoms with van der Waals surface area (Å²) in [5.74, 6) is 6.01. The maximum atomic E-state index is 11.1. The van der Waals surface area contributed by atoms with Crippen molar-refractivity contribution in [3.8, 4) is 0 Å². The van der Waals surface area contributed by atoms with E-state index >= 15 is 0 Å². The quantitative estimate of drug-likeness (QED) is 0.403. The van der Waals surface area contributed by atoms with Gasteiger partial charge in [0.25, 0.3) is 0 Å². The topological polar surface area (TPSA) is 61.6 Å². The van der Waals surface area contributed by atoms with Gasteiger partial charge in [0.1, 0.15) is 0 Å². The molecule has 1 unspecified atom stereocenters. The van der Waals surface area contributed by atoms with Crippen LogP contribution in [0.15, 0.2) is 0 Å². The van der Waals surface area contributed by atoms with Gasteiger partial charge in [0.05, 0.1) is 0 Å². The number of hydrogen-bond acceptors (Lipinski definition) is 4. The molecular weight excluding hydrogens is 228 g/mol. The van der Waals surface area contributed by atoms with Gasteiger partial charge in [-0.3, -0.25) is 15.1 Å². The summed E-state index contributed by atoms with van der Waals surface area (Å²) in [6.45, 7) is 8.16. The van der Waals surface area contributed by atoms with Gasteiger partial charge in [0, 0.05) is 45.2 Å². The fraction of sp³-hybridized carbons (Fsp3) is 0.923. The van der Waals surface area contributed by atoms with Crippen molar-refractivity contribution in [1.82, 2.24) is 15.2 Å². The Bertz CT molecular complexity index is 272. The molecular formula is C13H26N4O. The summed E-state index contributed by atoms with van der Waals surface area (Å²) in [6.07, 6.45) is 4.29. The summed E-state index contributed by atoms with van der Waals surface area (Å²) in [5.41, 5.74) is 2.19. The Kier molecular flexibility index (Phi) is 4.97. The van der Waals surface area contributed by atoms with Crippen LogP contribution in [0.1, 0.15) is 32.6 Å². The van der Waals surface area contributed by atoms with Crippen LogP contribution in [0.25, 0.3) is 0 Å². The standard InChI is InChI=1S/C13H26N4O/c1-11(2-5-13(18)15-14)17-8-6-16(7-9-17)10-12-3-4-12/h11-12H,2-10,14H2,1H3,(H,15,18). The zero-order chi connectivity index (χ0) is 13.0. The van der Waals surface area contributed by atoms with Gasteiger partial charge in [-0.05, 0) is 32.1 Å². The fourth-order valence-electron chi connectivity index (χ4n) is 2.65. The lowest BCUT2D eigenvalue weighted by atomic mass is 10.1. The smallest absolute Gasteiger partial charge is 0.233 e. The Morgan fingerprint density at radius 1 is 1.33 bits per heavy atom. The van der Waals surface area contributed by atoms with Crippen LogP contribution in [-0.2, 0) is 4.79 Å². The molecule has 0 aromatic carbocycles. The predicted molar refractivity (Wildman–Crippen MR) is 71.8 cm³/mol. The first-order chi connectivity index (χ1) is 8.69. The SMILES string of the molecule is CC(CCC(=O)NN)N1CCN(CC2CC2)CC1. The fourth-order valence-corrected chi connectivity index (χ4v) is 2.65. The molecule has 2 rings (SSSR count). The van der Waals surface area contributed by atoms with E-state index in [2.05, 4.69) is 22.1 Å². The van der Waals surface area contributed by atoms with Crippen LogP contribution in [0.4, 0.5) is 0 Å². The lowest BCUT2D eigenvalue weighted by Crippen LogP contribution is -2.50. The summed E-state index contributed by atoms with van der Waals surface area (Å²) in [5, 5.41) is 0. The first-order valence-corrected chi connectivity index (χ1v) is 7.15. The van der Waals surface area contributed by atoms with Crippen LogP contribution in [0, 0.1) is 5.92 Å². The largest absolute Gasteiger partial charge is 0.301 e. The molecule has 0 bridgehead atoms. The van der Waals surface area contributed by atoms with E-state index in [-0.39, 0.29) is 5.91 Å². The maximum Gasteiger partial charge on any atom is 0.233 e. The van der Waals surface area contributed by atoms with Crippen LogP contribution in [0.5, 0.6) is 0 Å². The highest BCUT2D eigenvalue weighted by molar-refractivity contribution is 5.75. The average Bonchev–Trinajstić information content (AvgIpc) is 3.20. The molecule has 1 amide bonds. The van der Waals surface area contributed by atoms with E-state index in [9.17, 15) is 4.79 Å². The lowest BCUT2D eigenvalue weighted by molar-refractivity contribution is -0.121. The van der Waals surface area contributed by atoms with Gasteiger partial charge < -0.3 is 4.90 Å². The first kappa shape index (κ1) is 13.8. The predicted octanol–water partition coefficient (Wildman–Crippen LogP) is 0.173. The second-order valence-electron chi connectivity index (χ2n) is 5.74. The Morgan fingerprint density at radius 3 is 2.56 bits per heavy atom. The maximum absolute atomic E-state index is 11.1. The van der Waals surface area contributed by atoms with Gasteiger partial charge in [0.15, 0.2) is 0 Å². The normalized spacial score (nSPS) is 23.9. The molecule has 2 fully saturated rings. The Morgan fingerprint density at radius 2 is 2.00 bits per heavy atom. The zero-order valence-electron chi connectivity index (χ0n) is 11.4. The highest BCUT2D eigenvalue weighted by Gasteiger charge is 2.27. The van der Waals surface area contributed by atoms with Crippen LogP contribution in [0.3, 0.4) is 0 Å². The Hall–Kier alpha value is -0.650. The minimum absolute atomic E-state index is 0.0609. The van der Waals surface area contributed by atoms with Gasteiger partial charge in [-0.1, -0.05) is 0 Å². The number of carbonyl (C=O) groups is 1. The summed E-state index contributed by atoms with van der Waals surface area (Å²) < 4.78 is 0. The van der Waals surface area contributed by atoms with E-state index in [1.165, 1.54) is 32.5 Å². The summed E-state index contributed by atoms with van der Waals surface area (Å²) in [4.78, 5) is 16.2. The molecule has 1 heterocycles. The van der Waals surface area contributed by atoms with E-state index in [0.29, 0.717) is 12.5 Å². The number of nitrogens with two attached hydrogens (primary N) is 1. The van der Waals surface area contributed by atoms with Crippen molar-refractivity contribution in [2.45, 2.75) is 38.6 Å². The third-order valence-electron chi connectivity index (χ3n) is 4.19.